The van der Waals surface area contributed by atoms with Gasteiger partial charge >= 0.3 is 0 Å². The molecule has 1 N–H and O–H groups in total. The molecule has 2 heterocycles. The quantitative estimate of drug-likeness (QED) is 0.782. The van der Waals surface area contributed by atoms with E-state index in [4.69, 9.17) is 0 Å². The van der Waals surface area contributed by atoms with E-state index in [1.54, 1.807) is 11.0 Å². The first-order chi connectivity index (χ1) is 14.4. The molecular formula is C22H21F2N3O3. The number of anilines is 1. The molecule has 2 saturated heterocycles. The van der Waals surface area contributed by atoms with Crippen LogP contribution in [0.2, 0.25) is 0 Å². The Morgan fingerprint density at radius 3 is 2.33 bits per heavy atom. The van der Waals surface area contributed by atoms with Gasteiger partial charge in [-0.3, -0.25) is 14.4 Å². The van der Waals surface area contributed by atoms with Gasteiger partial charge in [0.2, 0.25) is 5.91 Å². The highest BCUT2D eigenvalue weighted by molar-refractivity contribution is 6.22. The first-order valence-electron chi connectivity index (χ1n) is 9.85. The third kappa shape index (κ3) is 4.09. The molecule has 8 heteroatoms. The van der Waals surface area contributed by atoms with Crippen LogP contribution in [0.5, 0.6) is 0 Å². The van der Waals surface area contributed by atoms with Crippen LogP contribution in [-0.2, 0) is 9.59 Å². The van der Waals surface area contributed by atoms with Crippen molar-refractivity contribution < 1.29 is 23.2 Å². The lowest BCUT2D eigenvalue weighted by atomic mass is 10.0. The second-order valence-electron chi connectivity index (χ2n) is 7.54. The van der Waals surface area contributed by atoms with E-state index in [9.17, 15) is 23.2 Å². The second kappa shape index (κ2) is 8.31. The molecule has 3 amide bonds. The van der Waals surface area contributed by atoms with Gasteiger partial charge in [-0.15, -0.1) is 0 Å². The maximum atomic E-state index is 13.4. The lowest BCUT2D eigenvalue weighted by Gasteiger charge is -2.33. The summed E-state index contributed by atoms with van der Waals surface area (Å²) in [6, 6.07) is 10.2. The number of carbonyl (C=O) groups excluding carboxylic acids is 3. The van der Waals surface area contributed by atoms with Gasteiger partial charge in [0, 0.05) is 24.7 Å². The fraction of sp³-hybridized carbons (Fsp3) is 0.318. The number of carbonyl (C=O) groups is 3. The van der Waals surface area contributed by atoms with E-state index in [0.29, 0.717) is 37.2 Å². The van der Waals surface area contributed by atoms with Crippen molar-refractivity contribution >= 4 is 23.4 Å². The molecule has 6 nitrogen and oxygen atoms in total. The Morgan fingerprint density at radius 2 is 1.67 bits per heavy atom. The van der Waals surface area contributed by atoms with Gasteiger partial charge in [-0.1, -0.05) is 6.07 Å². The number of rotatable bonds is 4. The Morgan fingerprint density at radius 1 is 0.967 bits per heavy atom. The van der Waals surface area contributed by atoms with Crippen LogP contribution < -0.4 is 10.2 Å². The van der Waals surface area contributed by atoms with Crippen molar-refractivity contribution in [2.45, 2.75) is 31.3 Å². The maximum Gasteiger partial charge on any atom is 0.253 e. The Balaban J connectivity index is 1.34. The number of amides is 3. The summed E-state index contributed by atoms with van der Waals surface area (Å²) in [5.41, 5.74) is 0.666. The Labute approximate surface area is 172 Å². The van der Waals surface area contributed by atoms with Crippen molar-refractivity contribution in [3.8, 4) is 0 Å². The number of piperidine rings is 1. The van der Waals surface area contributed by atoms with Gasteiger partial charge in [0.05, 0.1) is 18.2 Å². The minimum atomic E-state index is -0.641. The molecule has 4 rings (SSSR count). The molecule has 1 atom stereocenters. The summed E-state index contributed by atoms with van der Waals surface area (Å²) < 4.78 is 26.5. The van der Waals surface area contributed by atoms with Crippen LogP contribution in [0.15, 0.2) is 48.5 Å². The molecule has 2 aromatic rings. The van der Waals surface area contributed by atoms with Gasteiger partial charge in [0.25, 0.3) is 11.8 Å². The van der Waals surface area contributed by atoms with Gasteiger partial charge in [-0.05, 0) is 55.3 Å². The topological polar surface area (TPSA) is 69.7 Å². The Kier molecular flexibility index (Phi) is 5.59. The molecule has 0 unspecified atom stereocenters. The van der Waals surface area contributed by atoms with Gasteiger partial charge in [-0.25, -0.2) is 13.7 Å². The van der Waals surface area contributed by atoms with Gasteiger partial charge in [0.1, 0.15) is 11.6 Å². The number of nitrogens with one attached hydrogen (secondary N) is 1. The maximum absolute atomic E-state index is 13.4. The molecule has 2 aliphatic heterocycles. The molecule has 0 bridgehead atoms. The van der Waals surface area contributed by atoms with E-state index in [1.165, 1.54) is 42.5 Å². The van der Waals surface area contributed by atoms with E-state index in [1.807, 2.05) is 0 Å². The van der Waals surface area contributed by atoms with Crippen LogP contribution in [0.25, 0.3) is 0 Å². The van der Waals surface area contributed by atoms with Crippen molar-refractivity contribution in [3.05, 3.63) is 65.7 Å². The summed E-state index contributed by atoms with van der Waals surface area (Å²) in [4.78, 5) is 40.3. The summed E-state index contributed by atoms with van der Waals surface area (Å²) >= 11 is 0. The lowest BCUT2D eigenvalue weighted by Crippen LogP contribution is -2.49. The molecule has 2 aromatic carbocycles. The van der Waals surface area contributed by atoms with Crippen molar-refractivity contribution in [3.63, 3.8) is 0 Å². The highest BCUT2D eigenvalue weighted by Crippen LogP contribution is 2.24. The monoisotopic (exact) mass is 413 g/mol. The first kappa shape index (κ1) is 20.2. The number of likely N-dealkylation sites (tertiary alicyclic amines) is 1. The second-order valence-corrected chi connectivity index (χ2v) is 7.54. The third-order valence-corrected chi connectivity index (χ3v) is 5.52. The standard InChI is InChI=1S/C22H21F2N3O3/c23-15-4-6-18(7-5-15)27-20(28)13-19(22(27)30)25-17-8-10-26(11-9-17)21(29)14-2-1-3-16(24)12-14/h1-7,12,17,19,25H,8-11,13H2/t19-/m1/s1. The molecule has 0 radical (unpaired) electrons. The highest BCUT2D eigenvalue weighted by atomic mass is 19.1. The Hall–Kier alpha value is -3.13. The van der Waals surface area contributed by atoms with Gasteiger partial charge in [0.15, 0.2) is 0 Å². The fourth-order valence-electron chi connectivity index (χ4n) is 3.96. The summed E-state index contributed by atoms with van der Waals surface area (Å²) in [6.45, 7) is 0.951. The SMILES string of the molecule is O=C(c1cccc(F)c1)N1CCC(N[C@@H]2CC(=O)N(c3ccc(F)cc3)C2=O)CC1. The van der Waals surface area contributed by atoms with Crippen LogP contribution in [0.1, 0.15) is 29.6 Å². The lowest BCUT2D eigenvalue weighted by molar-refractivity contribution is -0.121. The smallest absolute Gasteiger partial charge is 0.253 e. The molecule has 0 aliphatic carbocycles. The van der Waals surface area contributed by atoms with Crippen molar-refractivity contribution in [1.82, 2.24) is 10.2 Å². The number of benzene rings is 2. The molecule has 2 aliphatic rings. The summed E-state index contributed by atoms with van der Waals surface area (Å²) in [5.74, 6) is -1.80. The van der Waals surface area contributed by atoms with E-state index in [-0.39, 0.29) is 30.2 Å². The van der Waals surface area contributed by atoms with Gasteiger partial charge < -0.3 is 10.2 Å². The normalized spacial score (nSPS) is 20.1. The summed E-state index contributed by atoms with van der Waals surface area (Å²) in [5, 5.41) is 3.23. The predicted octanol–water partition coefficient (Wildman–Crippen LogP) is 2.49. The highest BCUT2D eigenvalue weighted by Gasteiger charge is 2.40. The van der Waals surface area contributed by atoms with Crippen LogP contribution in [-0.4, -0.2) is 47.8 Å². The molecule has 2 fully saturated rings. The van der Waals surface area contributed by atoms with E-state index in [0.717, 1.165) is 4.90 Å². The summed E-state index contributed by atoms with van der Waals surface area (Å²) in [6.07, 6.45) is 1.28. The first-order valence-corrected chi connectivity index (χ1v) is 9.85. The molecular weight excluding hydrogens is 392 g/mol. The zero-order chi connectivity index (χ0) is 21.3. The molecule has 156 valence electrons. The number of hydrogen-bond donors (Lipinski definition) is 1. The fourth-order valence-corrected chi connectivity index (χ4v) is 3.96. The van der Waals surface area contributed by atoms with E-state index >= 15 is 0 Å². The van der Waals surface area contributed by atoms with Crippen LogP contribution >= 0.6 is 0 Å². The van der Waals surface area contributed by atoms with Crippen molar-refractivity contribution in [2.75, 3.05) is 18.0 Å². The minimum Gasteiger partial charge on any atom is -0.339 e. The number of hydrogen-bond acceptors (Lipinski definition) is 4. The zero-order valence-corrected chi connectivity index (χ0v) is 16.2. The van der Waals surface area contributed by atoms with Gasteiger partial charge in [-0.2, -0.15) is 0 Å². The molecule has 0 spiro atoms. The number of nitrogens with zero attached hydrogens (tertiary/aromatic N) is 2. The molecule has 30 heavy (non-hydrogen) atoms. The van der Waals surface area contributed by atoms with Crippen LogP contribution in [0.4, 0.5) is 14.5 Å². The zero-order valence-electron chi connectivity index (χ0n) is 16.2. The predicted molar refractivity (Wildman–Crippen MR) is 106 cm³/mol. The van der Waals surface area contributed by atoms with E-state index in [2.05, 4.69) is 5.32 Å². The minimum absolute atomic E-state index is 0.0172. The van der Waals surface area contributed by atoms with Crippen LogP contribution in [0.3, 0.4) is 0 Å². The third-order valence-electron chi connectivity index (χ3n) is 5.52. The van der Waals surface area contributed by atoms with Crippen LogP contribution in [0, 0.1) is 11.6 Å². The average molecular weight is 413 g/mol. The largest absolute Gasteiger partial charge is 0.339 e. The summed E-state index contributed by atoms with van der Waals surface area (Å²) in [7, 11) is 0. The number of halogens is 2. The Bertz CT molecular complexity index is 972. The average Bonchev–Trinajstić information content (AvgIpc) is 3.02. The van der Waals surface area contributed by atoms with Crippen molar-refractivity contribution in [1.29, 1.82) is 0 Å². The van der Waals surface area contributed by atoms with E-state index < -0.39 is 17.7 Å². The molecule has 0 saturated carbocycles. The van der Waals surface area contributed by atoms with Crippen molar-refractivity contribution in [2.24, 2.45) is 0 Å². The number of imide groups is 1. The molecule has 0 aromatic heterocycles.